The second-order valence-electron chi connectivity index (χ2n) is 4.96. The SMILES string of the molecule is CC1CN(S(=O)(=O)c2ccccc2C(F)(F)F)CC1N. The molecule has 2 N–H and O–H groups in total. The fraction of sp³-hybridized carbons (Fsp3) is 0.500. The van der Waals surface area contributed by atoms with Crippen LogP contribution in [-0.2, 0) is 16.2 Å². The number of sulfonamides is 1. The summed E-state index contributed by atoms with van der Waals surface area (Å²) in [6.45, 7) is 1.95. The first kappa shape index (κ1) is 15.3. The third-order valence-corrected chi connectivity index (χ3v) is 5.34. The van der Waals surface area contributed by atoms with Crippen molar-refractivity contribution in [1.82, 2.24) is 4.31 Å². The van der Waals surface area contributed by atoms with Crippen LogP contribution in [0.2, 0.25) is 0 Å². The Morgan fingerprint density at radius 1 is 1.25 bits per heavy atom. The van der Waals surface area contributed by atoms with Crippen molar-refractivity contribution in [2.24, 2.45) is 11.7 Å². The molecule has 20 heavy (non-hydrogen) atoms. The largest absolute Gasteiger partial charge is 0.417 e. The Hall–Kier alpha value is -1.12. The molecular weight excluding hydrogens is 293 g/mol. The molecule has 1 aromatic rings. The molecule has 1 aliphatic rings. The molecule has 2 atom stereocenters. The molecule has 1 fully saturated rings. The summed E-state index contributed by atoms with van der Waals surface area (Å²) in [5.74, 6) is -0.0807. The number of rotatable bonds is 2. The molecule has 4 nitrogen and oxygen atoms in total. The van der Waals surface area contributed by atoms with Crippen molar-refractivity contribution in [3.63, 3.8) is 0 Å². The Kier molecular flexibility index (Phi) is 3.83. The Morgan fingerprint density at radius 3 is 2.35 bits per heavy atom. The van der Waals surface area contributed by atoms with Gasteiger partial charge < -0.3 is 5.73 Å². The van der Waals surface area contributed by atoms with Crippen LogP contribution in [0.3, 0.4) is 0 Å². The van der Waals surface area contributed by atoms with Gasteiger partial charge in [-0.1, -0.05) is 19.1 Å². The Labute approximate surface area is 115 Å². The van der Waals surface area contributed by atoms with Gasteiger partial charge in [0.15, 0.2) is 0 Å². The zero-order valence-electron chi connectivity index (χ0n) is 10.8. The molecule has 0 saturated carbocycles. The van der Waals surface area contributed by atoms with Gasteiger partial charge in [0.25, 0.3) is 0 Å². The highest BCUT2D eigenvalue weighted by atomic mass is 32.2. The van der Waals surface area contributed by atoms with Crippen LogP contribution in [0.25, 0.3) is 0 Å². The highest BCUT2D eigenvalue weighted by Crippen LogP contribution is 2.36. The van der Waals surface area contributed by atoms with Crippen LogP contribution in [0.15, 0.2) is 29.2 Å². The van der Waals surface area contributed by atoms with Gasteiger partial charge >= 0.3 is 6.18 Å². The van der Waals surface area contributed by atoms with Gasteiger partial charge in [0.05, 0.1) is 10.5 Å². The monoisotopic (exact) mass is 308 g/mol. The molecule has 0 bridgehead atoms. The maximum Gasteiger partial charge on any atom is 0.417 e. The van der Waals surface area contributed by atoms with Crippen LogP contribution in [0.5, 0.6) is 0 Å². The van der Waals surface area contributed by atoms with Crippen molar-refractivity contribution in [1.29, 1.82) is 0 Å². The molecule has 1 aliphatic heterocycles. The van der Waals surface area contributed by atoms with E-state index in [9.17, 15) is 21.6 Å². The van der Waals surface area contributed by atoms with Crippen LogP contribution < -0.4 is 5.73 Å². The molecule has 0 spiro atoms. The Balaban J connectivity index is 2.46. The average Bonchev–Trinajstić information content (AvgIpc) is 2.69. The highest BCUT2D eigenvalue weighted by molar-refractivity contribution is 7.89. The number of hydrogen-bond donors (Lipinski definition) is 1. The summed E-state index contributed by atoms with van der Waals surface area (Å²) >= 11 is 0. The van der Waals surface area contributed by atoms with E-state index in [-0.39, 0.29) is 25.0 Å². The highest BCUT2D eigenvalue weighted by Gasteiger charge is 2.41. The summed E-state index contributed by atoms with van der Waals surface area (Å²) in [4.78, 5) is -0.714. The summed E-state index contributed by atoms with van der Waals surface area (Å²) in [5, 5.41) is 0. The lowest BCUT2D eigenvalue weighted by molar-refractivity contribution is -0.139. The minimum atomic E-state index is -4.71. The fourth-order valence-electron chi connectivity index (χ4n) is 2.21. The minimum absolute atomic E-state index is 0.0374. The number of nitrogens with two attached hydrogens (primary N) is 1. The van der Waals surface area contributed by atoms with Crippen LogP contribution in [0.1, 0.15) is 12.5 Å². The van der Waals surface area contributed by atoms with Crippen molar-refractivity contribution in [3.05, 3.63) is 29.8 Å². The molecule has 1 aromatic carbocycles. The maximum absolute atomic E-state index is 12.9. The van der Waals surface area contributed by atoms with E-state index >= 15 is 0 Å². The molecular formula is C12H15F3N2O2S. The van der Waals surface area contributed by atoms with E-state index in [2.05, 4.69) is 0 Å². The lowest BCUT2D eigenvalue weighted by Crippen LogP contribution is -2.33. The van der Waals surface area contributed by atoms with Crippen molar-refractivity contribution in [3.8, 4) is 0 Å². The fourth-order valence-corrected chi connectivity index (χ4v) is 4.00. The normalized spacial score (nSPS) is 25.1. The van der Waals surface area contributed by atoms with E-state index in [1.54, 1.807) is 6.92 Å². The van der Waals surface area contributed by atoms with E-state index in [1.807, 2.05) is 0 Å². The van der Waals surface area contributed by atoms with Crippen LogP contribution >= 0.6 is 0 Å². The van der Waals surface area contributed by atoms with Crippen molar-refractivity contribution >= 4 is 10.0 Å². The van der Waals surface area contributed by atoms with Crippen molar-refractivity contribution < 1.29 is 21.6 Å². The Morgan fingerprint density at radius 2 is 1.85 bits per heavy atom. The lowest BCUT2D eigenvalue weighted by atomic mass is 10.1. The molecule has 0 amide bonds. The molecule has 8 heteroatoms. The zero-order valence-corrected chi connectivity index (χ0v) is 11.6. The first-order chi connectivity index (χ1) is 9.14. The van der Waals surface area contributed by atoms with Crippen molar-refractivity contribution in [2.75, 3.05) is 13.1 Å². The van der Waals surface area contributed by atoms with E-state index in [4.69, 9.17) is 5.73 Å². The number of benzene rings is 1. The quantitative estimate of drug-likeness (QED) is 0.904. The maximum atomic E-state index is 12.9. The van der Waals surface area contributed by atoms with Gasteiger partial charge in [-0.3, -0.25) is 0 Å². The molecule has 0 aliphatic carbocycles. The lowest BCUT2D eigenvalue weighted by Gasteiger charge is -2.19. The summed E-state index contributed by atoms with van der Waals surface area (Å²) in [5.41, 5.74) is 4.59. The molecule has 1 heterocycles. The number of alkyl halides is 3. The van der Waals surface area contributed by atoms with Gasteiger partial charge in [0, 0.05) is 19.1 Å². The van der Waals surface area contributed by atoms with E-state index in [0.717, 1.165) is 16.4 Å². The molecule has 0 aromatic heterocycles. The standard InChI is InChI=1S/C12H15F3N2O2S/c1-8-6-17(7-10(8)16)20(18,19)11-5-3-2-4-9(11)12(13,14)15/h2-5,8,10H,6-7,16H2,1H3. The summed E-state index contributed by atoms with van der Waals surface area (Å²) in [6.07, 6.45) is -4.71. The van der Waals surface area contributed by atoms with Crippen LogP contribution in [0.4, 0.5) is 13.2 Å². The minimum Gasteiger partial charge on any atom is -0.326 e. The van der Waals surface area contributed by atoms with E-state index in [0.29, 0.717) is 0 Å². The first-order valence-electron chi connectivity index (χ1n) is 6.06. The number of hydrogen-bond acceptors (Lipinski definition) is 3. The average molecular weight is 308 g/mol. The second kappa shape index (κ2) is 5.01. The molecule has 2 unspecified atom stereocenters. The van der Waals surface area contributed by atoms with Gasteiger partial charge in [-0.05, 0) is 18.1 Å². The summed E-state index contributed by atoms with van der Waals surface area (Å²) in [7, 11) is -4.18. The number of halogens is 3. The van der Waals surface area contributed by atoms with E-state index in [1.165, 1.54) is 12.1 Å². The Bertz CT molecular complexity index is 591. The van der Waals surface area contributed by atoms with E-state index < -0.39 is 26.7 Å². The van der Waals surface area contributed by atoms with Crippen LogP contribution in [0, 0.1) is 5.92 Å². The smallest absolute Gasteiger partial charge is 0.326 e. The van der Waals surface area contributed by atoms with Crippen molar-refractivity contribution in [2.45, 2.75) is 24.0 Å². The molecule has 1 saturated heterocycles. The zero-order chi connectivity index (χ0) is 15.1. The van der Waals surface area contributed by atoms with Gasteiger partial charge in [0.2, 0.25) is 10.0 Å². The molecule has 0 radical (unpaired) electrons. The third kappa shape index (κ3) is 2.68. The van der Waals surface area contributed by atoms with Gasteiger partial charge in [-0.2, -0.15) is 17.5 Å². The third-order valence-electron chi connectivity index (χ3n) is 3.45. The topological polar surface area (TPSA) is 63.4 Å². The van der Waals surface area contributed by atoms with Gasteiger partial charge in [-0.15, -0.1) is 0 Å². The van der Waals surface area contributed by atoms with Crippen LogP contribution in [-0.4, -0.2) is 31.9 Å². The summed E-state index contributed by atoms with van der Waals surface area (Å²) in [6, 6.07) is 3.84. The van der Waals surface area contributed by atoms with Gasteiger partial charge in [0.1, 0.15) is 0 Å². The molecule has 2 rings (SSSR count). The second-order valence-corrected chi connectivity index (χ2v) is 6.86. The predicted octanol–water partition coefficient (Wildman–Crippen LogP) is 1.67. The van der Waals surface area contributed by atoms with Gasteiger partial charge in [-0.25, -0.2) is 8.42 Å². The molecule has 112 valence electrons. The summed E-state index contributed by atoms with van der Waals surface area (Å²) < 4.78 is 64.5. The number of nitrogens with zero attached hydrogens (tertiary/aromatic N) is 1. The predicted molar refractivity (Wildman–Crippen MR) is 67.3 cm³/mol. The first-order valence-corrected chi connectivity index (χ1v) is 7.50.